The maximum Gasteiger partial charge on any atom is 0.224 e. The Bertz CT molecular complexity index is 1200. The minimum atomic E-state index is 0.0270. The van der Waals surface area contributed by atoms with Gasteiger partial charge in [-0.3, -0.25) is 9.78 Å². The van der Waals surface area contributed by atoms with Crippen LogP contribution < -0.4 is 5.32 Å². The first kappa shape index (κ1) is 20.2. The first-order chi connectivity index (χ1) is 14.5. The summed E-state index contributed by atoms with van der Waals surface area (Å²) in [7, 11) is 0. The van der Waals surface area contributed by atoms with E-state index in [0.717, 1.165) is 51.9 Å². The van der Waals surface area contributed by atoms with Crippen LogP contribution in [0.1, 0.15) is 29.5 Å². The number of pyridine rings is 1. The van der Waals surface area contributed by atoms with Gasteiger partial charge in [0.1, 0.15) is 0 Å². The second kappa shape index (κ2) is 8.72. The maximum atomic E-state index is 12.5. The number of amides is 1. The monoisotopic (exact) mass is 417 g/mol. The van der Waals surface area contributed by atoms with Gasteiger partial charge in [0.15, 0.2) is 0 Å². The second-order valence-corrected chi connectivity index (χ2v) is 8.04. The third kappa shape index (κ3) is 4.39. The number of carbonyl (C=O) groups excluding carboxylic acids is 1. The fraction of sp³-hybridized carbons (Fsp3) is 0.200. The van der Waals surface area contributed by atoms with E-state index < -0.39 is 0 Å². The third-order valence-electron chi connectivity index (χ3n) is 5.28. The first-order valence-corrected chi connectivity index (χ1v) is 10.5. The molecule has 0 unspecified atom stereocenters. The number of fused-ring (bicyclic) bond motifs is 1. The van der Waals surface area contributed by atoms with Gasteiger partial charge >= 0.3 is 0 Å². The minimum Gasteiger partial charge on any atom is -0.353 e. The van der Waals surface area contributed by atoms with Crippen molar-refractivity contribution in [1.82, 2.24) is 9.97 Å². The molecule has 0 aliphatic heterocycles. The highest BCUT2D eigenvalue weighted by atomic mass is 35.5. The predicted molar refractivity (Wildman–Crippen MR) is 124 cm³/mol. The molecule has 5 heteroatoms. The van der Waals surface area contributed by atoms with Gasteiger partial charge in [-0.05, 0) is 74.2 Å². The van der Waals surface area contributed by atoms with E-state index in [1.165, 1.54) is 5.56 Å². The number of H-pyrrole nitrogens is 1. The van der Waals surface area contributed by atoms with E-state index in [2.05, 4.69) is 21.4 Å². The lowest BCUT2D eigenvalue weighted by Crippen LogP contribution is -2.12. The molecule has 0 bridgehead atoms. The maximum absolute atomic E-state index is 12.5. The van der Waals surface area contributed by atoms with Gasteiger partial charge in [-0.2, -0.15) is 0 Å². The molecule has 2 aromatic heterocycles. The molecule has 0 aliphatic carbocycles. The summed E-state index contributed by atoms with van der Waals surface area (Å²) in [5, 5.41) is 4.81. The summed E-state index contributed by atoms with van der Waals surface area (Å²) in [5.74, 6) is 0.0270. The van der Waals surface area contributed by atoms with Crippen molar-refractivity contribution in [3.05, 3.63) is 82.5 Å². The van der Waals surface area contributed by atoms with Crippen LogP contribution in [0.4, 0.5) is 5.69 Å². The van der Waals surface area contributed by atoms with Gasteiger partial charge in [0.25, 0.3) is 0 Å². The number of carbonyl (C=O) groups is 1. The molecule has 0 spiro atoms. The van der Waals surface area contributed by atoms with Crippen LogP contribution in [0.2, 0.25) is 5.02 Å². The van der Waals surface area contributed by atoms with Crippen molar-refractivity contribution in [1.29, 1.82) is 0 Å². The molecule has 0 saturated carbocycles. The van der Waals surface area contributed by atoms with E-state index in [9.17, 15) is 4.79 Å². The van der Waals surface area contributed by atoms with Crippen molar-refractivity contribution >= 4 is 34.1 Å². The molecule has 4 aromatic rings. The second-order valence-electron chi connectivity index (χ2n) is 7.60. The molecule has 2 aromatic carbocycles. The van der Waals surface area contributed by atoms with Crippen LogP contribution in [-0.2, 0) is 11.2 Å². The van der Waals surface area contributed by atoms with Gasteiger partial charge in [-0.15, -0.1) is 0 Å². The van der Waals surface area contributed by atoms with Gasteiger partial charge in [-0.25, -0.2) is 0 Å². The quantitative estimate of drug-likeness (QED) is 0.378. The Morgan fingerprint density at radius 3 is 2.73 bits per heavy atom. The molecular formula is C25H24ClN3O. The van der Waals surface area contributed by atoms with Crippen molar-refractivity contribution < 1.29 is 4.79 Å². The fourth-order valence-corrected chi connectivity index (χ4v) is 3.97. The number of halogens is 1. The Morgan fingerprint density at radius 1 is 1.10 bits per heavy atom. The molecule has 30 heavy (non-hydrogen) atoms. The highest BCUT2D eigenvalue weighted by Gasteiger charge is 2.15. The first-order valence-electron chi connectivity index (χ1n) is 10.1. The van der Waals surface area contributed by atoms with Crippen LogP contribution in [0.25, 0.3) is 22.3 Å². The van der Waals surface area contributed by atoms with Gasteiger partial charge in [0.2, 0.25) is 5.91 Å². The number of benzene rings is 2. The smallest absolute Gasteiger partial charge is 0.224 e. The zero-order valence-corrected chi connectivity index (χ0v) is 17.9. The summed E-state index contributed by atoms with van der Waals surface area (Å²) < 4.78 is 0. The fourth-order valence-electron chi connectivity index (χ4n) is 3.80. The van der Waals surface area contributed by atoms with Crippen LogP contribution in [0.15, 0.2) is 60.8 Å². The molecule has 0 saturated heterocycles. The number of hydrogen-bond donors (Lipinski definition) is 2. The lowest BCUT2D eigenvalue weighted by molar-refractivity contribution is -0.116. The zero-order chi connectivity index (χ0) is 21.1. The van der Waals surface area contributed by atoms with Crippen LogP contribution in [-0.4, -0.2) is 15.9 Å². The lowest BCUT2D eigenvalue weighted by Gasteiger charge is -2.09. The van der Waals surface area contributed by atoms with Crippen LogP contribution in [0, 0.1) is 13.8 Å². The number of aryl methyl sites for hydroxylation is 3. The molecule has 0 atom stereocenters. The number of anilines is 1. The standard InChI is InChI=1S/C25H24ClN3O/c1-16-9-11-21(17(2)14-16)28-24(30)8-5-6-19-20-15-18(26)10-12-22(20)29-25(19)23-7-3-4-13-27-23/h3-4,7,9-15,29H,5-6,8H2,1-2H3,(H,28,30). The number of aromatic amines is 1. The molecule has 1 amide bonds. The largest absolute Gasteiger partial charge is 0.353 e. The van der Waals surface area contributed by atoms with Crippen LogP contribution in [0.3, 0.4) is 0 Å². The molecule has 152 valence electrons. The van der Waals surface area contributed by atoms with E-state index in [1.807, 2.05) is 62.4 Å². The van der Waals surface area contributed by atoms with E-state index in [1.54, 1.807) is 6.20 Å². The number of aromatic nitrogens is 2. The van der Waals surface area contributed by atoms with Crippen LogP contribution in [0.5, 0.6) is 0 Å². The minimum absolute atomic E-state index is 0.0270. The van der Waals surface area contributed by atoms with Crippen molar-refractivity contribution in [3.8, 4) is 11.4 Å². The van der Waals surface area contributed by atoms with Crippen molar-refractivity contribution in [3.63, 3.8) is 0 Å². The summed E-state index contributed by atoms with van der Waals surface area (Å²) in [5.41, 5.74) is 7.18. The Balaban J connectivity index is 1.52. The summed E-state index contributed by atoms with van der Waals surface area (Å²) in [6.07, 6.45) is 3.72. The molecule has 0 fully saturated rings. The zero-order valence-electron chi connectivity index (χ0n) is 17.1. The topological polar surface area (TPSA) is 57.8 Å². The summed E-state index contributed by atoms with van der Waals surface area (Å²) in [6, 6.07) is 17.8. The predicted octanol–water partition coefficient (Wildman–Crippen LogP) is 6.46. The highest BCUT2D eigenvalue weighted by molar-refractivity contribution is 6.31. The molecule has 0 aliphatic rings. The Morgan fingerprint density at radius 2 is 1.97 bits per heavy atom. The SMILES string of the molecule is Cc1ccc(NC(=O)CCCc2c(-c3ccccn3)[nH]c3ccc(Cl)cc23)c(C)c1. The van der Waals surface area contributed by atoms with Gasteiger partial charge < -0.3 is 10.3 Å². The number of rotatable bonds is 6. The molecule has 2 N–H and O–H groups in total. The molecule has 4 nitrogen and oxygen atoms in total. The Labute approximate surface area is 181 Å². The summed E-state index contributed by atoms with van der Waals surface area (Å²) in [6.45, 7) is 4.06. The van der Waals surface area contributed by atoms with Gasteiger partial charge in [0.05, 0.1) is 11.4 Å². The van der Waals surface area contributed by atoms with E-state index in [0.29, 0.717) is 11.4 Å². The van der Waals surface area contributed by atoms with E-state index in [4.69, 9.17) is 11.6 Å². The van der Waals surface area contributed by atoms with Crippen LogP contribution >= 0.6 is 11.6 Å². The summed E-state index contributed by atoms with van der Waals surface area (Å²) in [4.78, 5) is 20.5. The lowest BCUT2D eigenvalue weighted by atomic mass is 10.0. The van der Waals surface area contributed by atoms with Gasteiger partial charge in [-0.1, -0.05) is 35.4 Å². The molecular weight excluding hydrogens is 394 g/mol. The molecule has 0 radical (unpaired) electrons. The normalized spacial score (nSPS) is 11.0. The number of nitrogens with zero attached hydrogens (tertiary/aromatic N) is 1. The average Bonchev–Trinajstić information content (AvgIpc) is 3.08. The Hall–Kier alpha value is -3.11. The number of nitrogens with one attached hydrogen (secondary N) is 2. The van der Waals surface area contributed by atoms with Gasteiger partial charge in [0, 0.05) is 34.2 Å². The average molecular weight is 418 g/mol. The summed E-state index contributed by atoms with van der Waals surface area (Å²) >= 11 is 6.25. The molecule has 4 rings (SSSR count). The molecule has 2 heterocycles. The van der Waals surface area contributed by atoms with Crippen molar-refractivity contribution in [2.45, 2.75) is 33.1 Å². The Kier molecular flexibility index (Phi) is 5.86. The number of hydrogen-bond acceptors (Lipinski definition) is 2. The van der Waals surface area contributed by atoms with E-state index >= 15 is 0 Å². The van der Waals surface area contributed by atoms with E-state index in [-0.39, 0.29) is 5.91 Å². The highest BCUT2D eigenvalue weighted by Crippen LogP contribution is 2.32. The van der Waals surface area contributed by atoms with Crippen molar-refractivity contribution in [2.75, 3.05) is 5.32 Å². The third-order valence-corrected chi connectivity index (χ3v) is 5.51. The van der Waals surface area contributed by atoms with Crippen molar-refractivity contribution in [2.24, 2.45) is 0 Å².